The van der Waals surface area contributed by atoms with Crippen LogP contribution in [0.1, 0.15) is 49.2 Å². The molecule has 0 saturated heterocycles. The zero-order chi connectivity index (χ0) is 29.9. The summed E-state index contributed by atoms with van der Waals surface area (Å²) in [5, 5.41) is 22.3. The third kappa shape index (κ3) is 6.61. The van der Waals surface area contributed by atoms with Gasteiger partial charge in [-0.1, -0.05) is 6.07 Å². The first-order chi connectivity index (χ1) is 19.4. The number of aromatic nitrogens is 2. The number of rotatable bonds is 10. The average Bonchev–Trinajstić information content (AvgIpc) is 3.37. The van der Waals surface area contributed by atoms with Gasteiger partial charge in [-0.05, 0) is 62.6 Å². The molecule has 2 heterocycles. The lowest BCUT2D eigenvalue weighted by molar-refractivity contribution is -0.129. The molecule has 0 aliphatic rings. The number of H-pyrrole nitrogens is 1. The van der Waals surface area contributed by atoms with Crippen molar-refractivity contribution in [2.24, 2.45) is 7.05 Å². The van der Waals surface area contributed by atoms with E-state index in [0.29, 0.717) is 41.0 Å². The number of aromatic amines is 1. The van der Waals surface area contributed by atoms with Crippen LogP contribution in [0.3, 0.4) is 0 Å². The van der Waals surface area contributed by atoms with Gasteiger partial charge in [0.1, 0.15) is 22.8 Å². The van der Waals surface area contributed by atoms with Crippen molar-refractivity contribution in [1.82, 2.24) is 20.3 Å². The lowest BCUT2D eigenvalue weighted by Crippen LogP contribution is -2.25. The fraction of sp³-hybridized carbons (Fsp3) is 0.276. The minimum Gasteiger partial charge on any atom is -0.454 e. The van der Waals surface area contributed by atoms with E-state index in [2.05, 4.69) is 10.3 Å². The maximum absolute atomic E-state index is 14.5. The summed E-state index contributed by atoms with van der Waals surface area (Å²) >= 11 is 0. The van der Waals surface area contributed by atoms with E-state index < -0.39 is 34.6 Å². The number of ether oxygens (including phenoxy) is 1. The van der Waals surface area contributed by atoms with Crippen molar-refractivity contribution in [3.8, 4) is 22.6 Å². The lowest BCUT2D eigenvalue weighted by Gasteiger charge is -2.21. The fourth-order valence-corrected chi connectivity index (χ4v) is 4.32. The Morgan fingerprint density at radius 2 is 1.78 bits per heavy atom. The molecule has 0 spiro atoms. The van der Waals surface area contributed by atoms with Crippen molar-refractivity contribution < 1.29 is 33.4 Å². The first kappa shape index (κ1) is 29.4. The number of benzene rings is 2. The number of hydrogen-bond acceptors (Lipinski definition) is 6. The molecule has 4 rings (SSSR count). The van der Waals surface area contributed by atoms with Crippen LogP contribution in [0.15, 0.2) is 53.5 Å². The van der Waals surface area contributed by atoms with E-state index in [1.807, 2.05) is 0 Å². The van der Waals surface area contributed by atoms with Gasteiger partial charge in [0, 0.05) is 48.8 Å². The molecule has 12 heteroatoms. The van der Waals surface area contributed by atoms with Crippen molar-refractivity contribution in [2.75, 3.05) is 6.54 Å². The first-order valence-electron chi connectivity index (χ1n) is 12.8. The van der Waals surface area contributed by atoms with E-state index >= 15 is 0 Å². The Morgan fingerprint density at radius 3 is 2.46 bits per heavy atom. The minimum atomic E-state index is -1.25. The highest BCUT2D eigenvalue weighted by atomic mass is 19.1. The van der Waals surface area contributed by atoms with Crippen molar-refractivity contribution in [1.29, 1.82) is 0 Å². The smallest absolute Gasteiger partial charge is 0.274 e. The normalized spacial score (nSPS) is 11.5. The molecule has 216 valence electrons. The number of pyridine rings is 1. The summed E-state index contributed by atoms with van der Waals surface area (Å²) in [5.74, 6) is -2.73. The standard InChI is InChI=1S/C29H30F2N4O6/c1-29(2,39)16-7-9-23(41-24-10-8-17(30)13-21(24)31)18(12-16)20-15-35(3)28(38)26-19(20)14-22(33-26)27(37)32-11-5-4-6-25(36)34-40/h7-10,12-15,33,39-40H,4-6,11H2,1-3H3,(H,32,37)(H,34,36). The van der Waals surface area contributed by atoms with Gasteiger partial charge < -0.3 is 24.7 Å². The Kier molecular flexibility index (Phi) is 8.55. The lowest BCUT2D eigenvalue weighted by atomic mass is 9.93. The maximum atomic E-state index is 14.5. The molecule has 10 nitrogen and oxygen atoms in total. The third-order valence-corrected chi connectivity index (χ3v) is 6.54. The van der Waals surface area contributed by atoms with Crippen molar-refractivity contribution in [3.05, 3.63) is 81.9 Å². The highest BCUT2D eigenvalue weighted by molar-refractivity contribution is 6.03. The highest BCUT2D eigenvalue weighted by Gasteiger charge is 2.23. The van der Waals surface area contributed by atoms with Gasteiger partial charge in [-0.3, -0.25) is 19.6 Å². The first-order valence-corrected chi connectivity index (χ1v) is 12.8. The van der Waals surface area contributed by atoms with Gasteiger partial charge in [-0.2, -0.15) is 0 Å². The van der Waals surface area contributed by atoms with Gasteiger partial charge in [0.25, 0.3) is 11.5 Å². The maximum Gasteiger partial charge on any atom is 0.274 e. The number of amides is 2. The summed E-state index contributed by atoms with van der Waals surface area (Å²) in [7, 11) is 1.54. The molecule has 0 saturated carbocycles. The number of nitrogens with one attached hydrogen (secondary N) is 3. The molecule has 0 atom stereocenters. The van der Waals surface area contributed by atoms with E-state index in [9.17, 15) is 28.3 Å². The number of halogens is 2. The molecule has 41 heavy (non-hydrogen) atoms. The van der Waals surface area contributed by atoms with Gasteiger partial charge in [0.05, 0.1) is 5.60 Å². The molecule has 5 N–H and O–H groups in total. The second-order valence-electron chi connectivity index (χ2n) is 10.1. The molecular formula is C29H30F2N4O6. The summed E-state index contributed by atoms with van der Waals surface area (Å²) in [4.78, 5) is 39.9. The molecule has 0 radical (unpaired) electrons. The predicted octanol–water partition coefficient (Wildman–Crippen LogP) is 4.24. The topological polar surface area (TPSA) is 146 Å². The van der Waals surface area contributed by atoms with Crippen LogP contribution in [0.4, 0.5) is 8.78 Å². The summed E-state index contributed by atoms with van der Waals surface area (Å²) in [5.41, 5.74) is 1.50. The van der Waals surface area contributed by atoms with Crippen LogP contribution in [0.5, 0.6) is 11.5 Å². The van der Waals surface area contributed by atoms with Crippen molar-refractivity contribution in [3.63, 3.8) is 0 Å². The van der Waals surface area contributed by atoms with Crippen molar-refractivity contribution >= 4 is 22.7 Å². The van der Waals surface area contributed by atoms with Crippen LogP contribution < -0.4 is 21.1 Å². The summed E-state index contributed by atoms with van der Waals surface area (Å²) in [6, 6.07) is 9.23. The third-order valence-electron chi connectivity index (χ3n) is 6.54. The summed E-state index contributed by atoms with van der Waals surface area (Å²) < 4.78 is 35.1. The van der Waals surface area contributed by atoms with Crippen LogP contribution >= 0.6 is 0 Å². The number of carbonyl (C=O) groups is 2. The quantitative estimate of drug-likeness (QED) is 0.110. The van der Waals surface area contributed by atoms with E-state index in [0.717, 1.165) is 12.1 Å². The minimum absolute atomic E-state index is 0.105. The Balaban J connectivity index is 1.76. The number of nitrogens with zero attached hydrogens (tertiary/aromatic N) is 1. The summed E-state index contributed by atoms with van der Waals surface area (Å²) in [6.07, 6.45) is 2.58. The Bertz CT molecular complexity index is 1670. The second kappa shape index (κ2) is 11.9. The van der Waals surface area contributed by atoms with Gasteiger partial charge in [0.2, 0.25) is 5.91 Å². The largest absolute Gasteiger partial charge is 0.454 e. The van der Waals surface area contributed by atoms with Crippen LogP contribution in [0.25, 0.3) is 22.0 Å². The van der Waals surface area contributed by atoms with Crippen LogP contribution in [-0.4, -0.2) is 38.2 Å². The van der Waals surface area contributed by atoms with Crippen LogP contribution in [-0.2, 0) is 17.4 Å². The number of hydrogen-bond donors (Lipinski definition) is 5. The van der Waals surface area contributed by atoms with Gasteiger partial charge in [-0.25, -0.2) is 14.3 Å². The van der Waals surface area contributed by atoms with E-state index in [4.69, 9.17) is 9.94 Å². The van der Waals surface area contributed by atoms with E-state index in [-0.39, 0.29) is 35.7 Å². The average molecular weight is 569 g/mol. The molecule has 2 amide bonds. The Labute approximate surface area is 233 Å². The fourth-order valence-electron chi connectivity index (χ4n) is 4.32. The number of aliphatic hydroxyl groups is 1. The zero-order valence-electron chi connectivity index (χ0n) is 22.7. The molecule has 0 fully saturated rings. The van der Waals surface area contributed by atoms with Gasteiger partial charge in [0.15, 0.2) is 11.6 Å². The number of hydroxylamine groups is 1. The predicted molar refractivity (Wildman–Crippen MR) is 147 cm³/mol. The molecule has 2 aromatic carbocycles. The Morgan fingerprint density at radius 1 is 1.05 bits per heavy atom. The van der Waals surface area contributed by atoms with Gasteiger partial charge >= 0.3 is 0 Å². The highest BCUT2D eigenvalue weighted by Crippen LogP contribution is 2.39. The van der Waals surface area contributed by atoms with Crippen LogP contribution in [0.2, 0.25) is 0 Å². The Hall–Kier alpha value is -4.55. The SMILES string of the molecule is Cn1cc(-c2cc(C(C)(C)O)ccc2Oc2ccc(F)cc2F)c2cc(C(=O)NCCCCC(=O)NO)[nH]c2c1=O. The van der Waals surface area contributed by atoms with Crippen LogP contribution in [0, 0.1) is 11.6 Å². The molecule has 0 unspecified atom stereocenters. The number of fused-ring (bicyclic) bond motifs is 1. The molecule has 4 aromatic rings. The zero-order valence-corrected chi connectivity index (χ0v) is 22.7. The number of aryl methyl sites for hydroxylation is 1. The second-order valence-corrected chi connectivity index (χ2v) is 10.1. The summed E-state index contributed by atoms with van der Waals surface area (Å²) in [6.45, 7) is 3.45. The molecule has 0 aliphatic carbocycles. The van der Waals surface area contributed by atoms with E-state index in [1.165, 1.54) is 17.7 Å². The van der Waals surface area contributed by atoms with E-state index in [1.54, 1.807) is 43.7 Å². The monoisotopic (exact) mass is 568 g/mol. The molecule has 2 aromatic heterocycles. The number of unbranched alkanes of at least 4 members (excludes halogenated alkanes) is 1. The molecule has 0 aliphatic heterocycles. The van der Waals surface area contributed by atoms with Gasteiger partial charge in [-0.15, -0.1) is 0 Å². The molecule has 0 bridgehead atoms. The number of carbonyl (C=O) groups excluding carboxylic acids is 2. The van der Waals surface area contributed by atoms with Crippen molar-refractivity contribution in [2.45, 2.75) is 38.7 Å². The molecular weight excluding hydrogens is 538 g/mol.